The predicted molar refractivity (Wildman–Crippen MR) is 68.0 cm³/mol. The summed E-state index contributed by atoms with van der Waals surface area (Å²) in [5.74, 6) is -0.488. The minimum absolute atomic E-state index is 0.666. The second-order valence-electron chi connectivity index (χ2n) is 3.20. The van der Waals surface area contributed by atoms with Crippen molar-refractivity contribution in [2.75, 3.05) is 14.2 Å². The molecule has 0 fully saturated rings. The van der Waals surface area contributed by atoms with Crippen LogP contribution in [-0.2, 0) is 20.2 Å². The number of methoxy groups -OCH3 is 2. The lowest BCUT2D eigenvalue weighted by molar-refractivity contribution is -0.340. The number of fused-ring (bicyclic) bond motifs is 1. The molecule has 16 heavy (non-hydrogen) atoms. The maximum atomic E-state index is 5.72. The van der Waals surface area contributed by atoms with E-state index in [1.807, 2.05) is 24.3 Å². The standard InChI is InChI=1S/C11H10Br2O3/c1-14-11(15-2)8-6-4-3-5-7(8)9(16-11)10(12)13/h3-6H,1-2H3. The predicted octanol–water partition coefficient (Wildman–Crippen LogP) is 3.54. The van der Waals surface area contributed by atoms with Crippen LogP contribution in [0.25, 0.3) is 5.76 Å². The Morgan fingerprint density at radius 2 is 1.81 bits per heavy atom. The Morgan fingerprint density at radius 1 is 1.19 bits per heavy atom. The Balaban J connectivity index is 2.64. The summed E-state index contributed by atoms with van der Waals surface area (Å²) in [7, 11) is 3.09. The summed E-state index contributed by atoms with van der Waals surface area (Å²) in [5.41, 5.74) is 1.79. The van der Waals surface area contributed by atoms with Crippen molar-refractivity contribution in [1.82, 2.24) is 0 Å². The number of halogens is 2. The van der Waals surface area contributed by atoms with Crippen LogP contribution in [0, 0.1) is 0 Å². The van der Waals surface area contributed by atoms with E-state index in [1.165, 1.54) is 0 Å². The lowest BCUT2D eigenvalue weighted by atomic mass is 10.1. The lowest BCUT2D eigenvalue weighted by Crippen LogP contribution is -2.29. The molecule has 1 aliphatic heterocycles. The van der Waals surface area contributed by atoms with E-state index in [0.29, 0.717) is 5.76 Å². The summed E-state index contributed by atoms with van der Waals surface area (Å²) >= 11 is 6.68. The molecular formula is C11H10Br2O3. The molecule has 0 N–H and O–H groups in total. The van der Waals surface area contributed by atoms with E-state index in [2.05, 4.69) is 31.9 Å². The third-order valence-electron chi connectivity index (χ3n) is 2.45. The second kappa shape index (κ2) is 4.49. The number of ether oxygens (including phenoxy) is 3. The molecule has 0 amide bonds. The first-order valence-electron chi connectivity index (χ1n) is 4.59. The zero-order valence-corrected chi connectivity index (χ0v) is 12.0. The molecule has 3 nitrogen and oxygen atoms in total. The molecule has 5 heteroatoms. The molecule has 0 atom stereocenters. The SMILES string of the molecule is COC1(OC)OC(=C(Br)Br)c2ccccc21. The van der Waals surface area contributed by atoms with Crippen molar-refractivity contribution in [3.63, 3.8) is 0 Å². The monoisotopic (exact) mass is 348 g/mol. The fourth-order valence-corrected chi connectivity index (χ4v) is 2.31. The van der Waals surface area contributed by atoms with Crippen molar-refractivity contribution < 1.29 is 14.2 Å². The quantitative estimate of drug-likeness (QED) is 0.764. The fraction of sp³-hybridized carbons (Fsp3) is 0.273. The maximum absolute atomic E-state index is 5.72. The summed E-state index contributed by atoms with van der Waals surface area (Å²) < 4.78 is 17.1. The van der Waals surface area contributed by atoms with Gasteiger partial charge in [0.15, 0.2) is 5.76 Å². The average molecular weight is 350 g/mol. The Morgan fingerprint density at radius 3 is 2.38 bits per heavy atom. The highest BCUT2D eigenvalue weighted by Crippen LogP contribution is 2.46. The maximum Gasteiger partial charge on any atom is 0.356 e. The van der Waals surface area contributed by atoms with Gasteiger partial charge in [-0.1, -0.05) is 18.2 Å². The number of hydrogen-bond acceptors (Lipinski definition) is 3. The molecule has 0 bridgehead atoms. The highest BCUT2D eigenvalue weighted by Gasteiger charge is 2.45. The van der Waals surface area contributed by atoms with Crippen LogP contribution in [0.1, 0.15) is 11.1 Å². The fourth-order valence-electron chi connectivity index (χ4n) is 1.72. The number of rotatable bonds is 2. The van der Waals surface area contributed by atoms with Crippen molar-refractivity contribution >= 4 is 37.6 Å². The van der Waals surface area contributed by atoms with Gasteiger partial charge in [-0.15, -0.1) is 0 Å². The molecule has 0 aliphatic carbocycles. The van der Waals surface area contributed by atoms with Crippen molar-refractivity contribution in [3.8, 4) is 0 Å². The van der Waals surface area contributed by atoms with Crippen molar-refractivity contribution in [1.29, 1.82) is 0 Å². The van der Waals surface area contributed by atoms with E-state index in [1.54, 1.807) is 14.2 Å². The van der Waals surface area contributed by atoms with E-state index >= 15 is 0 Å². The summed E-state index contributed by atoms with van der Waals surface area (Å²) in [6.45, 7) is 0. The molecule has 0 aromatic heterocycles. The van der Waals surface area contributed by atoms with E-state index in [4.69, 9.17) is 14.2 Å². The first-order valence-corrected chi connectivity index (χ1v) is 6.17. The first kappa shape index (κ1) is 12.1. The van der Waals surface area contributed by atoms with Gasteiger partial charge in [-0.25, -0.2) is 0 Å². The highest BCUT2D eigenvalue weighted by molar-refractivity contribution is 9.28. The molecule has 0 saturated heterocycles. The van der Waals surface area contributed by atoms with E-state index in [0.717, 1.165) is 14.5 Å². The van der Waals surface area contributed by atoms with Gasteiger partial charge < -0.3 is 14.2 Å². The van der Waals surface area contributed by atoms with Crippen LogP contribution in [0.5, 0.6) is 0 Å². The number of benzene rings is 1. The van der Waals surface area contributed by atoms with Gasteiger partial charge in [0, 0.05) is 19.8 Å². The molecule has 2 rings (SSSR count). The second-order valence-corrected chi connectivity index (χ2v) is 5.85. The summed E-state index contributed by atoms with van der Waals surface area (Å²) in [6, 6.07) is 7.72. The minimum atomic E-state index is -1.15. The molecular weight excluding hydrogens is 340 g/mol. The summed E-state index contributed by atoms with van der Waals surface area (Å²) in [5, 5.41) is 0. The Labute approximate surface area is 111 Å². The van der Waals surface area contributed by atoms with Crippen molar-refractivity contribution in [3.05, 3.63) is 38.8 Å². The smallest absolute Gasteiger partial charge is 0.356 e. The van der Waals surface area contributed by atoms with Crippen LogP contribution in [0.4, 0.5) is 0 Å². The molecule has 1 aromatic rings. The molecule has 0 radical (unpaired) electrons. The van der Waals surface area contributed by atoms with Gasteiger partial charge in [0.05, 0.1) is 5.56 Å². The van der Waals surface area contributed by atoms with Crippen LogP contribution in [-0.4, -0.2) is 14.2 Å². The van der Waals surface area contributed by atoms with Gasteiger partial charge in [-0.2, -0.15) is 0 Å². The molecule has 1 aliphatic rings. The lowest BCUT2D eigenvalue weighted by Gasteiger charge is -2.25. The Bertz CT molecular complexity index is 435. The highest BCUT2D eigenvalue weighted by atomic mass is 79.9. The molecule has 0 unspecified atom stereocenters. The van der Waals surface area contributed by atoms with E-state index < -0.39 is 5.97 Å². The summed E-state index contributed by atoms with van der Waals surface area (Å²) in [4.78, 5) is 0. The van der Waals surface area contributed by atoms with Crippen molar-refractivity contribution in [2.45, 2.75) is 5.97 Å². The van der Waals surface area contributed by atoms with Crippen LogP contribution in [0.15, 0.2) is 27.7 Å². The minimum Gasteiger partial charge on any atom is -0.433 e. The zero-order chi connectivity index (χ0) is 11.8. The van der Waals surface area contributed by atoms with Crippen molar-refractivity contribution in [2.24, 2.45) is 0 Å². The molecule has 0 spiro atoms. The third-order valence-corrected chi connectivity index (χ3v) is 3.17. The molecule has 86 valence electrons. The molecule has 0 saturated carbocycles. The Hall–Kier alpha value is -0.360. The van der Waals surface area contributed by atoms with Gasteiger partial charge in [-0.05, 0) is 37.9 Å². The van der Waals surface area contributed by atoms with E-state index in [-0.39, 0.29) is 0 Å². The van der Waals surface area contributed by atoms with Gasteiger partial charge in [-0.3, -0.25) is 0 Å². The van der Waals surface area contributed by atoms with Gasteiger partial charge >= 0.3 is 5.97 Å². The Kier molecular flexibility index (Phi) is 3.39. The van der Waals surface area contributed by atoms with Gasteiger partial charge in [0.25, 0.3) is 0 Å². The molecule has 1 aromatic carbocycles. The summed E-state index contributed by atoms with van der Waals surface area (Å²) in [6.07, 6.45) is 0. The average Bonchev–Trinajstić information content (AvgIpc) is 2.65. The number of hydrogen-bond donors (Lipinski definition) is 0. The third kappa shape index (κ3) is 1.72. The van der Waals surface area contributed by atoms with E-state index in [9.17, 15) is 0 Å². The normalized spacial score (nSPS) is 16.9. The van der Waals surface area contributed by atoms with Crippen LogP contribution in [0.3, 0.4) is 0 Å². The van der Waals surface area contributed by atoms with Gasteiger partial charge in [0.1, 0.15) is 3.39 Å². The van der Waals surface area contributed by atoms with Crippen LogP contribution < -0.4 is 0 Å². The van der Waals surface area contributed by atoms with Gasteiger partial charge in [0.2, 0.25) is 0 Å². The topological polar surface area (TPSA) is 27.7 Å². The molecule has 1 heterocycles. The van der Waals surface area contributed by atoms with Crippen LogP contribution >= 0.6 is 31.9 Å². The zero-order valence-electron chi connectivity index (χ0n) is 8.79. The largest absolute Gasteiger partial charge is 0.433 e. The first-order chi connectivity index (χ1) is 7.64. The van der Waals surface area contributed by atoms with Crippen LogP contribution in [0.2, 0.25) is 0 Å².